The van der Waals surface area contributed by atoms with E-state index in [9.17, 15) is 8.42 Å². The van der Waals surface area contributed by atoms with Crippen LogP contribution in [0.5, 0.6) is 0 Å². The van der Waals surface area contributed by atoms with Crippen LogP contribution in [-0.4, -0.2) is 61.6 Å². The molecular formula is C12H24N2O2S2. The molecule has 0 aromatic rings. The van der Waals surface area contributed by atoms with Crippen LogP contribution in [0.25, 0.3) is 0 Å². The highest BCUT2D eigenvalue weighted by molar-refractivity contribution is 8.00. The van der Waals surface area contributed by atoms with Crippen molar-refractivity contribution in [3.63, 3.8) is 0 Å². The van der Waals surface area contributed by atoms with Gasteiger partial charge < -0.3 is 5.32 Å². The molecule has 0 amide bonds. The second kappa shape index (κ2) is 5.69. The highest BCUT2D eigenvalue weighted by Gasteiger charge is 2.38. The van der Waals surface area contributed by atoms with Crippen LogP contribution in [0.4, 0.5) is 0 Å². The summed E-state index contributed by atoms with van der Waals surface area (Å²) in [5.41, 5.74) is 0.144. The maximum Gasteiger partial charge on any atom is 0.164 e. The molecule has 2 aliphatic rings. The molecule has 2 heterocycles. The lowest BCUT2D eigenvalue weighted by Crippen LogP contribution is -2.56. The van der Waals surface area contributed by atoms with Crippen LogP contribution in [0.15, 0.2) is 0 Å². The zero-order valence-electron chi connectivity index (χ0n) is 11.3. The summed E-state index contributed by atoms with van der Waals surface area (Å²) >= 11 is 1.76. The Morgan fingerprint density at radius 2 is 2.28 bits per heavy atom. The van der Waals surface area contributed by atoms with Crippen molar-refractivity contribution >= 4 is 21.6 Å². The summed E-state index contributed by atoms with van der Waals surface area (Å²) in [5, 5.41) is 3.31. The van der Waals surface area contributed by atoms with Gasteiger partial charge in [-0.15, -0.1) is 0 Å². The first-order valence-electron chi connectivity index (χ1n) is 6.72. The molecule has 2 saturated heterocycles. The van der Waals surface area contributed by atoms with E-state index in [0.29, 0.717) is 0 Å². The van der Waals surface area contributed by atoms with Crippen LogP contribution in [0.1, 0.15) is 26.2 Å². The predicted octanol–water partition coefficient (Wildman–Crippen LogP) is 0.938. The van der Waals surface area contributed by atoms with Crippen LogP contribution in [0.3, 0.4) is 0 Å². The summed E-state index contributed by atoms with van der Waals surface area (Å²) in [6.45, 7) is 5.04. The molecule has 2 rings (SSSR count). The van der Waals surface area contributed by atoms with Gasteiger partial charge in [-0.05, 0) is 25.8 Å². The van der Waals surface area contributed by atoms with Crippen molar-refractivity contribution < 1.29 is 8.42 Å². The smallest absolute Gasteiger partial charge is 0.164 e. The van der Waals surface area contributed by atoms with Crippen molar-refractivity contribution in [2.75, 3.05) is 37.4 Å². The van der Waals surface area contributed by atoms with E-state index >= 15 is 0 Å². The van der Waals surface area contributed by atoms with Crippen molar-refractivity contribution in [3.05, 3.63) is 0 Å². The molecule has 2 aliphatic heterocycles. The Balaban J connectivity index is 2.10. The third-order valence-electron chi connectivity index (χ3n) is 4.20. The summed E-state index contributed by atoms with van der Waals surface area (Å²) in [6, 6.07) is 0. The van der Waals surface area contributed by atoms with Gasteiger partial charge in [0.25, 0.3) is 0 Å². The fraction of sp³-hybridized carbons (Fsp3) is 1.00. The second-order valence-corrected chi connectivity index (χ2v) is 8.85. The normalized spacial score (nSPS) is 34.9. The van der Waals surface area contributed by atoms with Gasteiger partial charge in [0.2, 0.25) is 0 Å². The van der Waals surface area contributed by atoms with Gasteiger partial charge in [0.05, 0.1) is 0 Å². The average molecular weight is 292 g/mol. The monoisotopic (exact) mass is 292 g/mol. The molecule has 1 N–H and O–H groups in total. The van der Waals surface area contributed by atoms with E-state index in [4.69, 9.17) is 0 Å². The summed E-state index contributed by atoms with van der Waals surface area (Å²) < 4.78 is 23.8. The zero-order chi connectivity index (χ0) is 13.2. The Labute approximate surface area is 115 Å². The lowest BCUT2D eigenvalue weighted by atomic mass is 9.93. The molecule has 0 aromatic carbocycles. The number of sulfone groups is 1. The number of hydrogen-bond donors (Lipinski definition) is 1. The van der Waals surface area contributed by atoms with E-state index in [1.165, 1.54) is 19.1 Å². The predicted molar refractivity (Wildman–Crippen MR) is 77.8 cm³/mol. The van der Waals surface area contributed by atoms with Crippen molar-refractivity contribution in [1.29, 1.82) is 0 Å². The number of hydrogen-bond acceptors (Lipinski definition) is 5. The van der Waals surface area contributed by atoms with E-state index in [0.717, 1.165) is 37.6 Å². The Hall–Kier alpha value is 0.220. The van der Waals surface area contributed by atoms with Crippen molar-refractivity contribution in [2.24, 2.45) is 0 Å². The van der Waals surface area contributed by atoms with Gasteiger partial charge in [0.1, 0.15) is 5.37 Å². The molecule has 0 radical (unpaired) electrons. The number of thioether (sulfide) groups is 1. The van der Waals surface area contributed by atoms with Crippen LogP contribution >= 0.6 is 11.8 Å². The SMILES string of the molecule is CCC1(CN2CCSCC2S(C)(=O)=O)CCCN1. The summed E-state index contributed by atoms with van der Waals surface area (Å²) in [6.07, 6.45) is 4.83. The first-order chi connectivity index (χ1) is 8.47. The maximum atomic E-state index is 11.9. The van der Waals surface area contributed by atoms with Gasteiger partial charge >= 0.3 is 0 Å². The molecule has 18 heavy (non-hydrogen) atoms. The molecule has 0 aliphatic carbocycles. The number of nitrogens with one attached hydrogen (secondary N) is 1. The average Bonchev–Trinajstić information content (AvgIpc) is 2.78. The molecule has 106 valence electrons. The van der Waals surface area contributed by atoms with Gasteiger partial charge in [0.15, 0.2) is 9.84 Å². The summed E-state index contributed by atoms with van der Waals surface area (Å²) in [7, 11) is -2.97. The van der Waals surface area contributed by atoms with Gasteiger partial charge in [-0.25, -0.2) is 8.42 Å². The lowest BCUT2D eigenvalue weighted by molar-refractivity contribution is 0.185. The molecule has 4 nitrogen and oxygen atoms in total. The molecule has 2 unspecified atom stereocenters. The van der Waals surface area contributed by atoms with Gasteiger partial charge in [-0.1, -0.05) is 6.92 Å². The third-order valence-corrected chi connectivity index (χ3v) is 6.89. The van der Waals surface area contributed by atoms with E-state index in [-0.39, 0.29) is 10.9 Å². The molecule has 0 saturated carbocycles. The standard InChI is InChI=1S/C12H24N2O2S2/c1-3-12(5-4-6-13-12)10-14-7-8-17-9-11(14)18(2,15)16/h11,13H,3-10H2,1-2H3. The zero-order valence-corrected chi connectivity index (χ0v) is 12.9. The molecule has 6 heteroatoms. The topological polar surface area (TPSA) is 49.4 Å². The summed E-state index contributed by atoms with van der Waals surface area (Å²) in [5.74, 6) is 1.77. The minimum absolute atomic E-state index is 0.144. The van der Waals surface area contributed by atoms with Crippen LogP contribution in [0, 0.1) is 0 Å². The van der Waals surface area contributed by atoms with Crippen LogP contribution in [-0.2, 0) is 9.84 Å². The Kier molecular flexibility index (Phi) is 4.62. The molecular weight excluding hydrogens is 268 g/mol. The Bertz CT molecular complexity index is 378. The van der Waals surface area contributed by atoms with Gasteiger partial charge in [-0.3, -0.25) is 4.90 Å². The molecule has 0 bridgehead atoms. The molecule has 2 atom stereocenters. The van der Waals surface area contributed by atoms with E-state index in [1.807, 2.05) is 0 Å². The largest absolute Gasteiger partial charge is 0.310 e. The fourth-order valence-electron chi connectivity index (χ4n) is 3.00. The van der Waals surface area contributed by atoms with Crippen molar-refractivity contribution in [2.45, 2.75) is 37.1 Å². The van der Waals surface area contributed by atoms with E-state index in [2.05, 4.69) is 17.1 Å². The minimum Gasteiger partial charge on any atom is -0.310 e. The highest BCUT2D eigenvalue weighted by atomic mass is 32.2. The molecule has 2 fully saturated rings. The van der Waals surface area contributed by atoms with Crippen LogP contribution in [0.2, 0.25) is 0 Å². The van der Waals surface area contributed by atoms with Crippen LogP contribution < -0.4 is 5.32 Å². The van der Waals surface area contributed by atoms with E-state index in [1.54, 1.807) is 11.8 Å². The Morgan fingerprint density at radius 1 is 1.50 bits per heavy atom. The first kappa shape index (κ1) is 14.6. The quantitative estimate of drug-likeness (QED) is 0.835. The fourth-order valence-corrected chi connectivity index (χ4v) is 5.94. The van der Waals surface area contributed by atoms with Gasteiger partial charge in [-0.2, -0.15) is 11.8 Å². The number of nitrogens with zero attached hydrogens (tertiary/aromatic N) is 1. The maximum absolute atomic E-state index is 11.9. The molecule has 0 aromatic heterocycles. The first-order valence-corrected chi connectivity index (χ1v) is 9.83. The summed E-state index contributed by atoms with van der Waals surface area (Å²) in [4.78, 5) is 2.19. The third kappa shape index (κ3) is 3.21. The van der Waals surface area contributed by atoms with E-state index < -0.39 is 9.84 Å². The molecule has 0 spiro atoms. The lowest BCUT2D eigenvalue weighted by Gasteiger charge is -2.40. The van der Waals surface area contributed by atoms with Crippen molar-refractivity contribution in [3.8, 4) is 0 Å². The number of rotatable bonds is 4. The second-order valence-electron chi connectivity index (χ2n) is 5.49. The highest BCUT2D eigenvalue weighted by Crippen LogP contribution is 2.28. The minimum atomic E-state index is -2.97. The van der Waals surface area contributed by atoms with Crippen molar-refractivity contribution in [1.82, 2.24) is 10.2 Å². The Morgan fingerprint density at radius 3 is 2.83 bits per heavy atom. The van der Waals surface area contributed by atoms with Gasteiger partial charge in [0, 0.05) is 36.4 Å².